The van der Waals surface area contributed by atoms with E-state index in [0.29, 0.717) is 18.2 Å². The van der Waals surface area contributed by atoms with Crippen LogP contribution in [-0.4, -0.2) is 37.2 Å². The molecule has 0 bridgehead atoms. The highest BCUT2D eigenvalue weighted by atomic mass is 16.5. The topological polar surface area (TPSA) is 50.4 Å². The monoisotopic (exact) mass is 280 g/mol. The number of ether oxygens (including phenoxy) is 1. The van der Waals surface area contributed by atoms with Gasteiger partial charge in [-0.25, -0.2) is 0 Å². The summed E-state index contributed by atoms with van der Waals surface area (Å²) in [7, 11) is 1.76. The van der Waals surface area contributed by atoms with Crippen molar-refractivity contribution in [2.24, 2.45) is 5.92 Å². The molecule has 1 aliphatic heterocycles. The van der Waals surface area contributed by atoms with Crippen LogP contribution in [0.25, 0.3) is 0 Å². The fourth-order valence-electron chi connectivity index (χ4n) is 4.29. The van der Waals surface area contributed by atoms with E-state index in [1.54, 1.807) is 7.11 Å². The molecule has 4 heteroatoms. The Morgan fingerprint density at radius 2 is 1.95 bits per heavy atom. The lowest BCUT2D eigenvalue weighted by molar-refractivity contribution is -0.125. The van der Waals surface area contributed by atoms with Gasteiger partial charge in [0.2, 0.25) is 5.91 Å². The smallest absolute Gasteiger partial charge is 0.237 e. The van der Waals surface area contributed by atoms with Crippen LogP contribution in [0.1, 0.15) is 57.8 Å². The minimum Gasteiger partial charge on any atom is -0.381 e. The van der Waals surface area contributed by atoms with Crippen molar-refractivity contribution in [3.63, 3.8) is 0 Å². The summed E-state index contributed by atoms with van der Waals surface area (Å²) in [6.07, 6.45) is 11.0. The van der Waals surface area contributed by atoms with E-state index in [2.05, 4.69) is 10.6 Å². The Hall–Kier alpha value is -0.610. The molecule has 3 fully saturated rings. The fraction of sp³-hybridized carbons (Fsp3) is 0.938. The van der Waals surface area contributed by atoms with Gasteiger partial charge < -0.3 is 15.4 Å². The quantitative estimate of drug-likeness (QED) is 0.831. The summed E-state index contributed by atoms with van der Waals surface area (Å²) in [5.74, 6) is 1.04. The lowest BCUT2D eigenvalue weighted by atomic mass is 9.77. The zero-order valence-corrected chi connectivity index (χ0v) is 12.6. The van der Waals surface area contributed by atoms with Crippen molar-refractivity contribution in [1.29, 1.82) is 0 Å². The Morgan fingerprint density at radius 1 is 1.10 bits per heavy atom. The van der Waals surface area contributed by atoms with Crippen molar-refractivity contribution in [3.8, 4) is 0 Å². The number of hydrogen-bond acceptors (Lipinski definition) is 3. The second-order valence-corrected chi connectivity index (χ2v) is 6.82. The molecule has 1 amide bonds. The summed E-state index contributed by atoms with van der Waals surface area (Å²) in [5.41, 5.74) is 0. The van der Waals surface area contributed by atoms with Crippen molar-refractivity contribution in [2.75, 3.05) is 7.11 Å². The predicted molar refractivity (Wildman–Crippen MR) is 78.5 cm³/mol. The van der Waals surface area contributed by atoms with Crippen LogP contribution < -0.4 is 10.6 Å². The maximum atomic E-state index is 12.4. The molecule has 4 nitrogen and oxygen atoms in total. The van der Waals surface area contributed by atoms with E-state index in [1.165, 1.54) is 32.1 Å². The molecular weight excluding hydrogens is 252 g/mol. The maximum Gasteiger partial charge on any atom is 0.237 e. The largest absolute Gasteiger partial charge is 0.381 e. The number of piperidine rings is 1. The number of fused-ring (bicyclic) bond motifs is 1. The Bertz CT molecular complexity index is 347. The third-order valence-electron chi connectivity index (χ3n) is 5.53. The van der Waals surface area contributed by atoms with E-state index in [9.17, 15) is 4.79 Å². The number of nitrogens with one attached hydrogen (secondary N) is 2. The second-order valence-electron chi connectivity index (χ2n) is 6.82. The average molecular weight is 280 g/mol. The van der Waals surface area contributed by atoms with E-state index >= 15 is 0 Å². The highest BCUT2D eigenvalue weighted by Gasteiger charge is 2.35. The van der Waals surface area contributed by atoms with Gasteiger partial charge in [0.05, 0.1) is 12.1 Å². The third kappa shape index (κ3) is 3.17. The van der Waals surface area contributed by atoms with Gasteiger partial charge >= 0.3 is 0 Å². The second kappa shape index (κ2) is 6.44. The summed E-state index contributed by atoms with van der Waals surface area (Å²) >= 11 is 0. The van der Waals surface area contributed by atoms with E-state index < -0.39 is 0 Å². The molecule has 1 heterocycles. The normalized spacial score (nSPS) is 41.1. The Kier molecular flexibility index (Phi) is 4.61. The number of rotatable bonds is 3. The third-order valence-corrected chi connectivity index (χ3v) is 5.53. The van der Waals surface area contributed by atoms with Crippen LogP contribution in [0.5, 0.6) is 0 Å². The van der Waals surface area contributed by atoms with Crippen molar-refractivity contribution < 1.29 is 9.53 Å². The van der Waals surface area contributed by atoms with Gasteiger partial charge in [-0.05, 0) is 50.9 Å². The molecule has 2 N–H and O–H groups in total. The minimum absolute atomic E-state index is 0.0379. The summed E-state index contributed by atoms with van der Waals surface area (Å²) < 4.78 is 5.37. The molecule has 2 aliphatic carbocycles. The van der Waals surface area contributed by atoms with Crippen molar-refractivity contribution in [1.82, 2.24) is 10.6 Å². The van der Waals surface area contributed by atoms with Gasteiger partial charge in [0.15, 0.2) is 0 Å². The fourth-order valence-corrected chi connectivity index (χ4v) is 4.29. The van der Waals surface area contributed by atoms with Gasteiger partial charge in [0.1, 0.15) is 0 Å². The first-order valence-corrected chi connectivity index (χ1v) is 8.35. The SMILES string of the molecule is COC1CCC(NC(=O)C2CCC3CCCCC3N2)C1. The maximum absolute atomic E-state index is 12.4. The van der Waals surface area contributed by atoms with Gasteiger partial charge in [-0.1, -0.05) is 12.8 Å². The van der Waals surface area contributed by atoms with Crippen molar-refractivity contribution >= 4 is 5.91 Å². The molecule has 3 aliphatic rings. The Balaban J connectivity index is 1.48. The first-order chi connectivity index (χ1) is 9.76. The molecule has 0 aromatic carbocycles. The number of carbonyl (C=O) groups is 1. The van der Waals surface area contributed by atoms with Crippen LogP contribution in [0.15, 0.2) is 0 Å². The molecule has 3 rings (SSSR count). The summed E-state index contributed by atoms with van der Waals surface area (Å²) in [5, 5.41) is 6.84. The molecular formula is C16H28N2O2. The summed E-state index contributed by atoms with van der Waals surface area (Å²) in [4.78, 5) is 12.4. The van der Waals surface area contributed by atoms with E-state index in [0.717, 1.165) is 31.6 Å². The molecule has 5 unspecified atom stereocenters. The lowest BCUT2D eigenvalue weighted by Gasteiger charge is -2.40. The number of methoxy groups -OCH3 is 1. The summed E-state index contributed by atoms with van der Waals surface area (Å²) in [6, 6.07) is 0.942. The highest BCUT2D eigenvalue weighted by Crippen LogP contribution is 2.32. The van der Waals surface area contributed by atoms with Crippen LogP contribution in [0.4, 0.5) is 0 Å². The van der Waals surface area contributed by atoms with Gasteiger partial charge in [0.25, 0.3) is 0 Å². The zero-order chi connectivity index (χ0) is 13.9. The van der Waals surface area contributed by atoms with Crippen LogP contribution in [0.3, 0.4) is 0 Å². The first kappa shape index (κ1) is 14.3. The molecule has 20 heavy (non-hydrogen) atoms. The first-order valence-electron chi connectivity index (χ1n) is 8.35. The molecule has 0 aromatic rings. The van der Waals surface area contributed by atoms with Crippen LogP contribution in [0, 0.1) is 5.92 Å². The molecule has 1 saturated heterocycles. The zero-order valence-electron chi connectivity index (χ0n) is 12.6. The number of carbonyl (C=O) groups excluding carboxylic acids is 1. The Labute approximate surface area is 122 Å². The van der Waals surface area contributed by atoms with Gasteiger partial charge in [-0.15, -0.1) is 0 Å². The van der Waals surface area contributed by atoms with E-state index in [1.807, 2.05) is 0 Å². The van der Waals surface area contributed by atoms with Crippen molar-refractivity contribution in [2.45, 2.75) is 82.0 Å². The molecule has 0 radical (unpaired) electrons. The van der Waals surface area contributed by atoms with E-state index in [4.69, 9.17) is 4.74 Å². The van der Waals surface area contributed by atoms with Gasteiger partial charge in [0, 0.05) is 19.2 Å². The summed E-state index contributed by atoms with van der Waals surface area (Å²) in [6.45, 7) is 0. The lowest BCUT2D eigenvalue weighted by Crippen LogP contribution is -2.56. The van der Waals surface area contributed by atoms with Gasteiger partial charge in [-0.3, -0.25) is 4.79 Å². The van der Waals surface area contributed by atoms with Crippen LogP contribution in [-0.2, 0) is 9.53 Å². The Morgan fingerprint density at radius 3 is 2.75 bits per heavy atom. The standard InChI is InChI=1S/C16H28N2O2/c1-20-13-8-7-12(10-13)17-16(19)15-9-6-11-4-2-3-5-14(11)18-15/h11-15,18H,2-10H2,1H3,(H,17,19). The number of hydrogen-bond donors (Lipinski definition) is 2. The van der Waals surface area contributed by atoms with Crippen LogP contribution in [0.2, 0.25) is 0 Å². The molecule has 0 aromatic heterocycles. The molecule has 5 atom stereocenters. The molecule has 2 saturated carbocycles. The van der Waals surface area contributed by atoms with Gasteiger partial charge in [-0.2, -0.15) is 0 Å². The van der Waals surface area contributed by atoms with E-state index in [-0.39, 0.29) is 11.9 Å². The van der Waals surface area contributed by atoms with Crippen molar-refractivity contribution in [3.05, 3.63) is 0 Å². The highest BCUT2D eigenvalue weighted by molar-refractivity contribution is 5.82. The minimum atomic E-state index is 0.0379. The average Bonchev–Trinajstić information content (AvgIpc) is 2.94. The van der Waals surface area contributed by atoms with Crippen LogP contribution >= 0.6 is 0 Å². The molecule has 0 spiro atoms. The predicted octanol–water partition coefficient (Wildman–Crippen LogP) is 1.98. The molecule has 114 valence electrons. The number of amides is 1.